The number of para-hydroxylation sites is 2. The molecule has 2 aliphatic heterocycles. The number of thioether (sulfide) groups is 1. The van der Waals surface area contributed by atoms with Crippen molar-refractivity contribution in [3.8, 4) is 17.2 Å². The summed E-state index contributed by atoms with van der Waals surface area (Å²) in [5.74, 6) is 2.33. The number of aromatic nitrogens is 3. The molecule has 11 heteroatoms. The van der Waals surface area contributed by atoms with Gasteiger partial charge < -0.3 is 24.1 Å². The number of carbonyl (C=O) groups is 2. The first kappa shape index (κ1) is 21.1. The van der Waals surface area contributed by atoms with Crippen molar-refractivity contribution in [2.24, 2.45) is 7.05 Å². The third-order valence-electron chi connectivity index (χ3n) is 5.36. The highest BCUT2D eigenvalue weighted by molar-refractivity contribution is 7.99. The predicted octanol–water partition coefficient (Wildman–Crippen LogP) is 2.76. The minimum absolute atomic E-state index is 0.0269. The zero-order chi connectivity index (χ0) is 22.9. The molecule has 1 atom stereocenters. The lowest BCUT2D eigenvalue weighted by Gasteiger charge is -2.33. The van der Waals surface area contributed by atoms with Gasteiger partial charge in [-0.05, 0) is 31.2 Å². The van der Waals surface area contributed by atoms with Gasteiger partial charge in [-0.15, -0.1) is 10.2 Å². The molecule has 10 nitrogen and oxygen atoms in total. The molecule has 0 aliphatic carbocycles. The smallest absolute Gasteiger partial charge is 0.265 e. The summed E-state index contributed by atoms with van der Waals surface area (Å²) in [6.07, 6.45) is 0. The molecule has 0 radical (unpaired) electrons. The van der Waals surface area contributed by atoms with E-state index in [2.05, 4.69) is 15.5 Å². The van der Waals surface area contributed by atoms with Gasteiger partial charge in [-0.25, -0.2) is 0 Å². The lowest BCUT2D eigenvalue weighted by atomic mass is 10.1. The van der Waals surface area contributed by atoms with Crippen molar-refractivity contribution >= 4 is 35.0 Å². The molecule has 0 spiro atoms. The maximum atomic E-state index is 12.6. The number of anilines is 2. The molecule has 1 aromatic heterocycles. The van der Waals surface area contributed by atoms with Gasteiger partial charge in [0.05, 0.1) is 17.5 Å². The van der Waals surface area contributed by atoms with Crippen molar-refractivity contribution in [3.63, 3.8) is 0 Å². The molecule has 5 rings (SSSR count). The van der Waals surface area contributed by atoms with Crippen LogP contribution in [0.4, 0.5) is 11.4 Å². The van der Waals surface area contributed by atoms with Crippen molar-refractivity contribution in [2.75, 3.05) is 29.4 Å². The predicted molar refractivity (Wildman–Crippen MR) is 121 cm³/mol. The number of rotatable bonds is 6. The highest BCUT2D eigenvalue weighted by Gasteiger charge is 2.32. The van der Waals surface area contributed by atoms with E-state index in [9.17, 15) is 9.59 Å². The van der Waals surface area contributed by atoms with Crippen LogP contribution in [0, 0.1) is 0 Å². The molecule has 0 saturated heterocycles. The molecule has 2 aromatic carbocycles. The molecular weight excluding hydrogens is 446 g/mol. The third kappa shape index (κ3) is 4.07. The van der Waals surface area contributed by atoms with Crippen LogP contribution in [-0.2, 0) is 16.6 Å². The summed E-state index contributed by atoms with van der Waals surface area (Å²) in [4.78, 5) is 26.7. The average molecular weight is 468 g/mol. The molecule has 2 aliphatic rings. The number of benzene rings is 2. The number of carbonyl (C=O) groups excluding carboxylic acids is 2. The van der Waals surface area contributed by atoms with Crippen LogP contribution in [0.2, 0.25) is 0 Å². The van der Waals surface area contributed by atoms with Crippen LogP contribution in [0.5, 0.6) is 17.2 Å². The lowest BCUT2D eigenvalue weighted by molar-refractivity contribution is -0.121. The van der Waals surface area contributed by atoms with Gasteiger partial charge in [0.25, 0.3) is 5.91 Å². The van der Waals surface area contributed by atoms with Crippen LogP contribution < -0.4 is 24.4 Å². The van der Waals surface area contributed by atoms with E-state index in [-0.39, 0.29) is 37.0 Å². The van der Waals surface area contributed by atoms with Crippen LogP contribution in [0.1, 0.15) is 18.8 Å². The summed E-state index contributed by atoms with van der Waals surface area (Å²) in [6, 6.07) is 12.3. The molecule has 1 unspecified atom stereocenters. The minimum Gasteiger partial charge on any atom is -0.482 e. The third-order valence-corrected chi connectivity index (χ3v) is 6.38. The molecule has 0 fully saturated rings. The van der Waals surface area contributed by atoms with Crippen LogP contribution in [0.25, 0.3) is 0 Å². The second-order valence-electron chi connectivity index (χ2n) is 7.50. The van der Waals surface area contributed by atoms with E-state index in [1.807, 2.05) is 38.2 Å². The van der Waals surface area contributed by atoms with Gasteiger partial charge in [-0.2, -0.15) is 0 Å². The summed E-state index contributed by atoms with van der Waals surface area (Å²) in [6.45, 7) is 2.04. The summed E-state index contributed by atoms with van der Waals surface area (Å²) >= 11 is 1.26. The fourth-order valence-electron chi connectivity index (χ4n) is 3.78. The Balaban J connectivity index is 1.26. The zero-order valence-corrected chi connectivity index (χ0v) is 18.8. The Kier molecular flexibility index (Phi) is 5.55. The highest BCUT2D eigenvalue weighted by Crippen LogP contribution is 2.37. The summed E-state index contributed by atoms with van der Waals surface area (Å²) in [7, 11) is 1.82. The van der Waals surface area contributed by atoms with Crippen LogP contribution in [0.15, 0.2) is 47.6 Å². The second-order valence-corrected chi connectivity index (χ2v) is 8.44. The zero-order valence-electron chi connectivity index (χ0n) is 18.0. The van der Waals surface area contributed by atoms with Gasteiger partial charge in [0.1, 0.15) is 5.75 Å². The average Bonchev–Trinajstić information content (AvgIpc) is 3.43. The van der Waals surface area contributed by atoms with E-state index < -0.39 is 0 Å². The summed E-state index contributed by atoms with van der Waals surface area (Å²) < 4.78 is 17.9. The van der Waals surface area contributed by atoms with Gasteiger partial charge in [0, 0.05) is 18.8 Å². The normalized spacial score (nSPS) is 15.1. The van der Waals surface area contributed by atoms with Crippen molar-refractivity contribution < 1.29 is 23.8 Å². The number of hydrogen-bond acceptors (Lipinski definition) is 8. The lowest BCUT2D eigenvalue weighted by Crippen LogP contribution is -2.41. The topological polar surface area (TPSA) is 108 Å². The maximum absolute atomic E-state index is 12.6. The fraction of sp³-hybridized carbons (Fsp3) is 0.273. The number of ether oxygens (including phenoxy) is 3. The largest absolute Gasteiger partial charge is 0.482 e. The Bertz CT molecular complexity index is 1230. The Morgan fingerprint density at radius 2 is 1.94 bits per heavy atom. The fourth-order valence-corrected chi connectivity index (χ4v) is 4.50. The van der Waals surface area contributed by atoms with Gasteiger partial charge >= 0.3 is 0 Å². The molecule has 0 bridgehead atoms. The monoisotopic (exact) mass is 467 g/mol. The van der Waals surface area contributed by atoms with E-state index in [0.29, 0.717) is 39.6 Å². The Morgan fingerprint density at radius 1 is 1.12 bits per heavy atom. The quantitative estimate of drug-likeness (QED) is 0.552. The number of fused-ring (bicyclic) bond motifs is 2. The molecule has 3 aromatic rings. The van der Waals surface area contributed by atoms with E-state index in [0.717, 1.165) is 0 Å². The molecule has 0 saturated carbocycles. The first-order chi connectivity index (χ1) is 16.0. The summed E-state index contributed by atoms with van der Waals surface area (Å²) in [5.41, 5.74) is 1.32. The number of nitrogens with zero attached hydrogens (tertiary/aromatic N) is 4. The Morgan fingerprint density at radius 3 is 2.82 bits per heavy atom. The van der Waals surface area contributed by atoms with E-state index in [1.165, 1.54) is 11.8 Å². The van der Waals surface area contributed by atoms with Crippen molar-refractivity contribution in [2.45, 2.75) is 18.1 Å². The summed E-state index contributed by atoms with van der Waals surface area (Å²) in [5, 5.41) is 11.9. The van der Waals surface area contributed by atoms with E-state index in [4.69, 9.17) is 14.2 Å². The van der Waals surface area contributed by atoms with Gasteiger partial charge in [0.2, 0.25) is 12.7 Å². The van der Waals surface area contributed by atoms with E-state index >= 15 is 0 Å². The van der Waals surface area contributed by atoms with Crippen LogP contribution in [0.3, 0.4) is 0 Å². The van der Waals surface area contributed by atoms with Gasteiger partial charge in [-0.3, -0.25) is 14.5 Å². The number of hydrogen-bond donors (Lipinski definition) is 1. The van der Waals surface area contributed by atoms with Gasteiger partial charge in [0.15, 0.2) is 29.1 Å². The Hall–Kier alpha value is -3.73. The molecule has 170 valence electrons. The van der Waals surface area contributed by atoms with Gasteiger partial charge in [-0.1, -0.05) is 23.9 Å². The SMILES string of the molecule is CC(c1nnc(SCC(=O)Nc2ccc3c(c2)OCO3)n1C)N1C(=O)COc2ccccc21. The molecule has 2 amide bonds. The molecular formula is C22H21N5O5S. The molecule has 3 heterocycles. The minimum atomic E-state index is -0.364. The highest BCUT2D eigenvalue weighted by atomic mass is 32.2. The first-order valence-electron chi connectivity index (χ1n) is 10.3. The molecule has 33 heavy (non-hydrogen) atoms. The van der Waals surface area contributed by atoms with Crippen molar-refractivity contribution in [1.82, 2.24) is 14.8 Å². The first-order valence-corrected chi connectivity index (χ1v) is 11.3. The Labute approximate surface area is 193 Å². The van der Waals surface area contributed by atoms with Crippen molar-refractivity contribution in [1.29, 1.82) is 0 Å². The second kappa shape index (κ2) is 8.66. The number of nitrogens with one attached hydrogen (secondary N) is 1. The maximum Gasteiger partial charge on any atom is 0.265 e. The number of amides is 2. The van der Waals surface area contributed by atoms with Crippen LogP contribution >= 0.6 is 11.8 Å². The molecule has 1 N–H and O–H groups in total. The standard InChI is InChI=1S/C22H21N5O5S/c1-13(27-15-5-3-4-6-16(15)30-10-20(27)29)21-24-25-22(26(21)2)33-11-19(28)23-14-7-8-17-18(9-14)32-12-31-17/h3-9,13H,10-12H2,1-2H3,(H,23,28). The van der Waals surface area contributed by atoms with Crippen molar-refractivity contribution in [3.05, 3.63) is 48.3 Å². The van der Waals surface area contributed by atoms with Crippen LogP contribution in [-0.4, -0.2) is 45.7 Å². The van der Waals surface area contributed by atoms with E-state index in [1.54, 1.807) is 27.7 Å².